The number of anilines is 2. The maximum Gasteiger partial charge on any atom is 0.229 e. The summed E-state index contributed by atoms with van der Waals surface area (Å²) >= 11 is 0. The monoisotopic (exact) mass is 459 g/mol. The number of likely N-dealkylation sites (tertiary alicyclic amines) is 1. The highest BCUT2D eigenvalue weighted by Crippen LogP contribution is 2.32. The minimum atomic E-state index is 0.0710. The lowest BCUT2D eigenvalue weighted by Crippen LogP contribution is -2.57. The number of aromatic nitrogens is 3. The fourth-order valence-corrected chi connectivity index (χ4v) is 5.75. The third kappa shape index (κ3) is 3.79. The van der Waals surface area contributed by atoms with Gasteiger partial charge in [-0.05, 0) is 37.9 Å². The van der Waals surface area contributed by atoms with E-state index in [-0.39, 0.29) is 5.92 Å². The second kappa shape index (κ2) is 8.91. The molecule has 0 aliphatic carbocycles. The third-order valence-corrected chi connectivity index (χ3v) is 7.80. The summed E-state index contributed by atoms with van der Waals surface area (Å²) in [5.41, 5.74) is 4.61. The first kappa shape index (κ1) is 21.4. The van der Waals surface area contributed by atoms with Crippen LogP contribution in [-0.4, -0.2) is 77.8 Å². The summed E-state index contributed by atoms with van der Waals surface area (Å²) in [6.07, 6.45) is 5.75. The third-order valence-electron chi connectivity index (χ3n) is 7.80. The summed E-state index contributed by atoms with van der Waals surface area (Å²) in [7, 11) is 2.17. The Hall–Kier alpha value is -3.13. The van der Waals surface area contributed by atoms with Gasteiger partial charge in [0.2, 0.25) is 5.91 Å². The van der Waals surface area contributed by atoms with Crippen molar-refractivity contribution >= 4 is 23.1 Å². The van der Waals surface area contributed by atoms with Crippen molar-refractivity contribution in [3.63, 3.8) is 0 Å². The lowest BCUT2D eigenvalue weighted by molar-refractivity contribution is -0.137. The largest absolute Gasteiger partial charge is 0.371 e. The van der Waals surface area contributed by atoms with E-state index in [1.807, 2.05) is 16.8 Å². The first-order chi connectivity index (χ1) is 16.7. The van der Waals surface area contributed by atoms with E-state index < -0.39 is 0 Å². The molecule has 1 amide bonds. The number of para-hydroxylation sites is 1. The van der Waals surface area contributed by atoms with Gasteiger partial charge in [0, 0.05) is 69.6 Å². The quantitative estimate of drug-likeness (QED) is 0.644. The zero-order valence-electron chi connectivity index (χ0n) is 19.9. The first-order valence-corrected chi connectivity index (χ1v) is 12.6. The molecular formula is C26H33N7O. The van der Waals surface area contributed by atoms with Crippen LogP contribution in [0.1, 0.15) is 24.1 Å². The standard InChI is InChI=1S/C26H33N7O/c1-30(20-5-3-2-4-6-20)21-10-15-31(16-11-21)26(34)19-17-32(18-19)25-22-7-12-27-13-8-23(22)29-24-9-14-28-33(24)25/h2-6,9,14,19,21,27H,7-8,10-13,15-18H2,1H3. The van der Waals surface area contributed by atoms with Crippen molar-refractivity contribution in [2.45, 2.75) is 31.7 Å². The molecule has 34 heavy (non-hydrogen) atoms. The number of hydrogen-bond acceptors (Lipinski definition) is 6. The molecule has 3 aromatic rings. The van der Waals surface area contributed by atoms with Gasteiger partial charge >= 0.3 is 0 Å². The van der Waals surface area contributed by atoms with Gasteiger partial charge in [-0.2, -0.15) is 9.61 Å². The average Bonchev–Trinajstić information content (AvgIpc) is 3.19. The van der Waals surface area contributed by atoms with E-state index in [4.69, 9.17) is 4.98 Å². The van der Waals surface area contributed by atoms with Crippen LogP contribution in [0.25, 0.3) is 5.65 Å². The van der Waals surface area contributed by atoms with E-state index in [0.717, 1.165) is 76.4 Å². The second-order valence-electron chi connectivity index (χ2n) is 9.82. The lowest BCUT2D eigenvalue weighted by atomic mass is 9.94. The van der Waals surface area contributed by atoms with Gasteiger partial charge in [0.15, 0.2) is 5.65 Å². The van der Waals surface area contributed by atoms with Gasteiger partial charge in [-0.1, -0.05) is 18.2 Å². The molecule has 3 aliphatic rings. The number of piperidine rings is 1. The first-order valence-electron chi connectivity index (χ1n) is 12.6. The minimum absolute atomic E-state index is 0.0710. The van der Waals surface area contributed by atoms with Crippen LogP contribution in [-0.2, 0) is 17.6 Å². The van der Waals surface area contributed by atoms with E-state index in [1.54, 1.807) is 0 Å². The normalized spacial score (nSPS) is 19.6. The molecule has 2 saturated heterocycles. The van der Waals surface area contributed by atoms with Crippen molar-refractivity contribution in [2.75, 3.05) is 56.1 Å². The maximum atomic E-state index is 13.3. The van der Waals surface area contributed by atoms with Gasteiger partial charge in [0.1, 0.15) is 5.82 Å². The topological polar surface area (TPSA) is 69.0 Å². The van der Waals surface area contributed by atoms with Gasteiger partial charge in [0.25, 0.3) is 0 Å². The predicted octanol–water partition coefficient (Wildman–Crippen LogP) is 1.98. The Bertz CT molecular complexity index is 1160. The van der Waals surface area contributed by atoms with Crippen LogP contribution >= 0.6 is 0 Å². The predicted molar refractivity (Wildman–Crippen MR) is 133 cm³/mol. The molecule has 0 unspecified atom stereocenters. The Balaban J connectivity index is 1.11. The summed E-state index contributed by atoms with van der Waals surface area (Å²) in [6, 6.07) is 13.0. The molecule has 178 valence electrons. The molecule has 8 heteroatoms. The van der Waals surface area contributed by atoms with Gasteiger partial charge in [-0.15, -0.1) is 0 Å². The number of amides is 1. The Morgan fingerprint density at radius 3 is 2.62 bits per heavy atom. The van der Waals surface area contributed by atoms with Crippen molar-refractivity contribution in [1.29, 1.82) is 0 Å². The van der Waals surface area contributed by atoms with E-state index in [9.17, 15) is 4.79 Å². The Labute approximate surface area is 200 Å². The van der Waals surface area contributed by atoms with Crippen LogP contribution in [0.15, 0.2) is 42.6 Å². The average molecular weight is 460 g/mol. The van der Waals surface area contributed by atoms with Gasteiger partial charge in [0.05, 0.1) is 17.8 Å². The molecule has 6 rings (SSSR count). The van der Waals surface area contributed by atoms with Crippen molar-refractivity contribution in [2.24, 2.45) is 5.92 Å². The summed E-state index contributed by atoms with van der Waals surface area (Å²) in [6.45, 7) is 5.13. The number of carbonyl (C=O) groups excluding carboxylic acids is 1. The molecule has 5 heterocycles. The fraction of sp³-hybridized carbons (Fsp3) is 0.500. The highest BCUT2D eigenvalue weighted by molar-refractivity contribution is 5.82. The number of carbonyl (C=O) groups is 1. The van der Waals surface area contributed by atoms with Gasteiger partial charge in [-0.3, -0.25) is 4.79 Å². The number of benzene rings is 1. The van der Waals surface area contributed by atoms with Crippen molar-refractivity contribution in [3.05, 3.63) is 53.9 Å². The smallest absolute Gasteiger partial charge is 0.229 e. The molecule has 8 nitrogen and oxygen atoms in total. The molecule has 0 saturated carbocycles. The van der Waals surface area contributed by atoms with E-state index in [0.29, 0.717) is 11.9 Å². The molecule has 1 N–H and O–H groups in total. The van der Waals surface area contributed by atoms with E-state index in [2.05, 4.69) is 62.5 Å². The summed E-state index contributed by atoms with van der Waals surface area (Å²) in [5.74, 6) is 1.53. The Kier molecular flexibility index (Phi) is 5.61. The number of hydrogen-bond donors (Lipinski definition) is 1. The molecule has 0 atom stereocenters. The fourth-order valence-electron chi connectivity index (χ4n) is 5.75. The summed E-state index contributed by atoms with van der Waals surface area (Å²) in [5, 5.41) is 8.04. The summed E-state index contributed by atoms with van der Waals surface area (Å²) in [4.78, 5) is 25.0. The number of fused-ring (bicyclic) bond motifs is 2. The lowest BCUT2D eigenvalue weighted by Gasteiger charge is -2.44. The Morgan fingerprint density at radius 2 is 1.82 bits per heavy atom. The minimum Gasteiger partial charge on any atom is -0.371 e. The van der Waals surface area contributed by atoms with Crippen LogP contribution in [0.2, 0.25) is 0 Å². The number of nitrogens with one attached hydrogen (secondary N) is 1. The molecule has 1 aromatic carbocycles. The summed E-state index contributed by atoms with van der Waals surface area (Å²) < 4.78 is 1.97. The molecule has 2 aromatic heterocycles. The van der Waals surface area contributed by atoms with Crippen molar-refractivity contribution < 1.29 is 4.79 Å². The van der Waals surface area contributed by atoms with Gasteiger partial charge < -0.3 is 20.0 Å². The molecular weight excluding hydrogens is 426 g/mol. The van der Waals surface area contributed by atoms with Crippen LogP contribution in [0.5, 0.6) is 0 Å². The highest BCUT2D eigenvalue weighted by atomic mass is 16.2. The maximum absolute atomic E-state index is 13.3. The molecule has 3 aliphatic heterocycles. The van der Waals surface area contributed by atoms with Crippen LogP contribution in [0, 0.1) is 5.92 Å². The number of rotatable bonds is 4. The molecule has 2 fully saturated rings. The van der Waals surface area contributed by atoms with Crippen molar-refractivity contribution in [3.8, 4) is 0 Å². The van der Waals surface area contributed by atoms with Crippen LogP contribution in [0.3, 0.4) is 0 Å². The van der Waals surface area contributed by atoms with Crippen LogP contribution in [0.4, 0.5) is 11.5 Å². The highest BCUT2D eigenvalue weighted by Gasteiger charge is 2.39. The van der Waals surface area contributed by atoms with E-state index >= 15 is 0 Å². The van der Waals surface area contributed by atoms with Crippen LogP contribution < -0.4 is 15.1 Å². The van der Waals surface area contributed by atoms with Gasteiger partial charge in [-0.25, -0.2) is 4.98 Å². The Morgan fingerprint density at radius 1 is 1.06 bits per heavy atom. The SMILES string of the molecule is CN(c1ccccc1)C1CCN(C(=O)C2CN(c3c4c(nc5ccnn35)CCNCC4)C2)CC1. The molecule has 0 radical (unpaired) electrons. The molecule has 0 spiro atoms. The zero-order valence-corrected chi connectivity index (χ0v) is 19.9. The molecule has 0 bridgehead atoms. The van der Waals surface area contributed by atoms with E-state index in [1.165, 1.54) is 16.9 Å². The number of nitrogens with zero attached hydrogens (tertiary/aromatic N) is 6. The second-order valence-corrected chi connectivity index (χ2v) is 9.82. The zero-order chi connectivity index (χ0) is 23.1. The van der Waals surface area contributed by atoms with Crippen molar-refractivity contribution in [1.82, 2.24) is 24.8 Å².